The van der Waals surface area contributed by atoms with Crippen molar-refractivity contribution in [3.63, 3.8) is 0 Å². The Hall–Kier alpha value is -1.85. The van der Waals surface area contributed by atoms with E-state index in [4.69, 9.17) is 0 Å². The number of hydrogen-bond donors (Lipinski definition) is 2. The number of anilines is 1. The van der Waals surface area contributed by atoms with E-state index in [1.807, 2.05) is 0 Å². The predicted molar refractivity (Wildman–Crippen MR) is 103 cm³/mol. The van der Waals surface area contributed by atoms with Gasteiger partial charge in [-0.15, -0.1) is 11.3 Å². The van der Waals surface area contributed by atoms with Crippen LogP contribution in [0.4, 0.5) is 5.00 Å². The third kappa shape index (κ3) is 2.96. The van der Waals surface area contributed by atoms with E-state index in [-0.39, 0.29) is 12.1 Å². The van der Waals surface area contributed by atoms with Crippen LogP contribution in [0.3, 0.4) is 0 Å². The molecule has 1 aromatic heterocycles. The van der Waals surface area contributed by atoms with Gasteiger partial charge in [-0.2, -0.15) is 0 Å². The Bertz CT molecular complexity index is 794. The van der Waals surface area contributed by atoms with Crippen LogP contribution in [0.25, 0.3) is 0 Å². The lowest BCUT2D eigenvalue weighted by Gasteiger charge is -2.31. The van der Waals surface area contributed by atoms with Gasteiger partial charge >= 0.3 is 0 Å². The molecule has 5 heteroatoms. The van der Waals surface area contributed by atoms with Crippen molar-refractivity contribution < 1.29 is 4.79 Å². The molecule has 1 aromatic carbocycles. The molecule has 0 spiro atoms. The number of carbonyl (C=O) groups excluding carboxylic acids is 1. The molecule has 2 aliphatic rings. The lowest BCUT2D eigenvalue weighted by atomic mass is 9.99. The zero-order valence-corrected chi connectivity index (χ0v) is 15.9. The summed E-state index contributed by atoms with van der Waals surface area (Å²) in [5.41, 5.74) is 4.55. The number of benzene rings is 1. The largest absolute Gasteiger partial charge is 0.353 e. The standard InChI is InChI=1S/C20H25N3OS/c1-4-13-5-7-14(8-6-13)18-21-19(24)17-15-9-10-23(12(2)3)11-16(15)25-20(17)22-18/h5-8,12,18,22H,4,9-11H2,1-3H3,(H,21,24)/t18-/m1/s1. The van der Waals surface area contributed by atoms with E-state index in [2.05, 4.69) is 60.6 Å². The maximum atomic E-state index is 12.8. The number of carbonyl (C=O) groups is 1. The molecule has 3 heterocycles. The van der Waals surface area contributed by atoms with Gasteiger partial charge in [0.25, 0.3) is 5.91 Å². The first-order chi connectivity index (χ1) is 12.1. The molecule has 0 saturated carbocycles. The molecule has 0 saturated heterocycles. The number of nitrogens with zero attached hydrogens (tertiary/aromatic N) is 1. The van der Waals surface area contributed by atoms with E-state index < -0.39 is 0 Å². The van der Waals surface area contributed by atoms with Crippen LogP contribution in [-0.4, -0.2) is 23.4 Å². The minimum absolute atomic E-state index is 0.0637. The number of amides is 1. The maximum absolute atomic E-state index is 12.8. The first kappa shape index (κ1) is 16.6. The average Bonchev–Trinajstić information content (AvgIpc) is 2.99. The molecule has 1 amide bonds. The van der Waals surface area contributed by atoms with E-state index in [1.54, 1.807) is 11.3 Å². The smallest absolute Gasteiger partial charge is 0.256 e. The van der Waals surface area contributed by atoms with Crippen LogP contribution in [-0.2, 0) is 19.4 Å². The molecule has 132 valence electrons. The monoisotopic (exact) mass is 355 g/mol. The molecule has 0 bridgehead atoms. The van der Waals surface area contributed by atoms with Gasteiger partial charge in [0.05, 0.1) is 5.56 Å². The fourth-order valence-electron chi connectivity index (χ4n) is 3.69. The van der Waals surface area contributed by atoms with Crippen LogP contribution in [0.15, 0.2) is 24.3 Å². The van der Waals surface area contributed by atoms with Crippen LogP contribution in [0.5, 0.6) is 0 Å². The van der Waals surface area contributed by atoms with Crippen molar-refractivity contribution in [3.05, 3.63) is 51.4 Å². The second-order valence-corrected chi connectivity index (χ2v) is 8.27. The van der Waals surface area contributed by atoms with Crippen molar-refractivity contribution in [2.75, 3.05) is 11.9 Å². The van der Waals surface area contributed by atoms with Gasteiger partial charge in [-0.25, -0.2) is 0 Å². The van der Waals surface area contributed by atoms with E-state index >= 15 is 0 Å². The summed E-state index contributed by atoms with van der Waals surface area (Å²) < 4.78 is 0. The number of rotatable bonds is 3. The Morgan fingerprint density at radius 3 is 2.68 bits per heavy atom. The molecular weight excluding hydrogens is 330 g/mol. The zero-order chi connectivity index (χ0) is 17.6. The minimum atomic E-state index is -0.146. The molecule has 0 unspecified atom stereocenters. The normalized spacial score (nSPS) is 20.0. The lowest BCUT2D eigenvalue weighted by Crippen LogP contribution is -2.39. The SMILES string of the molecule is CCc1ccc([C@@H]2NC(=O)c3c(sc4c3CCN(C(C)C)C4)N2)cc1. The van der Waals surface area contributed by atoms with Gasteiger partial charge in [0.15, 0.2) is 0 Å². The molecule has 2 aliphatic heterocycles. The van der Waals surface area contributed by atoms with E-state index in [0.29, 0.717) is 6.04 Å². The highest BCUT2D eigenvalue weighted by atomic mass is 32.1. The third-order valence-corrected chi connectivity index (χ3v) is 6.46. The summed E-state index contributed by atoms with van der Waals surface area (Å²) in [5.74, 6) is 0.0637. The highest BCUT2D eigenvalue weighted by Gasteiger charge is 2.33. The van der Waals surface area contributed by atoms with Gasteiger partial charge in [0, 0.05) is 24.0 Å². The first-order valence-corrected chi connectivity index (χ1v) is 9.93. The number of thiophene rings is 1. The summed E-state index contributed by atoms with van der Waals surface area (Å²) in [4.78, 5) is 16.6. The van der Waals surface area contributed by atoms with Gasteiger partial charge in [-0.05, 0) is 43.4 Å². The van der Waals surface area contributed by atoms with Crippen molar-refractivity contribution in [2.24, 2.45) is 0 Å². The Labute approximate surface area is 153 Å². The van der Waals surface area contributed by atoms with Crippen molar-refractivity contribution >= 4 is 22.2 Å². The molecule has 0 fully saturated rings. The second-order valence-electron chi connectivity index (χ2n) is 7.17. The summed E-state index contributed by atoms with van der Waals surface area (Å²) in [6, 6.07) is 9.03. The average molecular weight is 356 g/mol. The first-order valence-electron chi connectivity index (χ1n) is 9.11. The minimum Gasteiger partial charge on any atom is -0.353 e. The summed E-state index contributed by atoms with van der Waals surface area (Å²) in [6.45, 7) is 8.61. The van der Waals surface area contributed by atoms with Gasteiger partial charge < -0.3 is 10.6 Å². The van der Waals surface area contributed by atoms with Gasteiger partial charge in [0.1, 0.15) is 11.2 Å². The van der Waals surface area contributed by atoms with Gasteiger partial charge in [-0.3, -0.25) is 9.69 Å². The van der Waals surface area contributed by atoms with Crippen LogP contribution in [0, 0.1) is 0 Å². The maximum Gasteiger partial charge on any atom is 0.256 e. The number of fused-ring (bicyclic) bond motifs is 3. The number of hydrogen-bond acceptors (Lipinski definition) is 4. The van der Waals surface area contributed by atoms with Crippen molar-refractivity contribution in [1.82, 2.24) is 10.2 Å². The van der Waals surface area contributed by atoms with E-state index in [1.165, 1.54) is 16.0 Å². The number of aryl methyl sites for hydroxylation is 1. The van der Waals surface area contributed by atoms with Crippen molar-refractivity contribution in [2.45, 2.75) is 52.4 Å². The van der Waals surface area contributed by atoms with E-state index in [9.17, 15) is 4.79 Å². The lowest BCUT2D eigenvalue weighted by molar-refractivity contribution is 0.0934. The molecular formula is C20H25N3OS. The topological polar surface area (TPSA) is 44.4 Å². The molecule has 1 atom stereocenters. The van der Waals surface area contributed by atoms with Crippen molar-refractivity contribution in [1.29, 1.82) is 0 Å². The highest BCUT2D eigenvalue weighted by molar-refractivity contribution is 7.16. The van der Waals surface area contributed by atoms with Gasteiger partial charge in [0.2, 0.25) is 0 Å². The quantitative estimate of drug-likeness (QED) is 0.877. The summed E-state index contributed by atoms with van der Waals surface area (Å²) in [6.07, 6.45) is 1.84. The molecule has 2 N–H and O–H groups in total. The predicted octanol–water partition coefficient (Wildman–Crippen LogP) is 3.93. The molecule has 0 radical (unpaired) electrons. The molecule has 4 nitrogen and oxygen atoms in total. The van der Waals surface area contributed by atoms with Crippen molar-refractivity contribution in [3.8, 4) is 0 Å². The Kier molecular flexibility index (Phi) is 4.29. The summed E-state index contributed by atoms with van der Waals surface area (Å²) >= 11 is 1.76. The zero-order valence-electron chi connectivity index (χ0n) is 15.1. The summed E-state index contributed by atoms with van der Waals surface area (Å²) in [7, 11) is 0. The van der Waals surface area contributed by atoms with Crippen LogP contribution in [0.2, 0.25) is 0 Å². The van der Waals surface area contributed by atoms with Gasteiger partial charge in [-0.1, -0.05) is 31.2 Å². The highest BCUT2D eigenvalue weighted by Crippen LogP contribution is 2.41. The molecule has 0 aliphatic carbocycles. The van der Waals surface area contributed by atoms with Crippen LogP contribution >= 0.6 is 11.3 Å². The Balaban J connectivity index is 1.62. The van der Waals surface area contributed by atoms with Crippen LogP contribution in [0.1, 0.15) is 58.9 Å². The fourth-order valence-corrected chi connectivity index (χ4v) is 4.99. The Morgan fingerprint density at radius 2 is 2.00 bits per heavy atom. The second kappa shape index (κ2) is 6.46. The fraction of sp³-hybridized carbons (Fsp3) is 0.450. The summed E-state index contributed by atoms with van der Waals surface area (Å²) in [5, 5.41) is 7.72. The number of nitrogens with one attached hydrogen (secondary N) is 2. The van der Waals surface area contributed by atoms with E-state index in [0.717, 1.165) is 42.1 Å². The Morgan fingerprint density at radius 1 is 1.24 bits per heavy atom. The molecule has 25 heavy (non-hydrogen) atoms. The third-order valence-electron chi connectivity index (χ3n) is 5.32. The molecule has 2 aromatic rings. The molecule has 4 rings (SSSR count). The van der Waals surface area contributed by atoms with Crippen LogP contribution < -0.4 is 10.6 Å².